The van der Waals surface area contributed by atoms with E-state index in [1.165, 1.54) is 0 Å². The fraction of sp³-hybridized carbons (Fsp3) is 0.120. The van der Waals surface area contributed by atoms with Crippen LogP contribution in [-0.2, 0) is 13.1 Å². The van der Waals surface area contributed by atoms with Crippen molar-refractivity contribution in [2.45, 2.75) is 13.1 Å². The lowest BCUT2D eigenvalue weighted by atomic mass is 10.1. The van der Waals surface area contributed by atoms with E-state index in [1.807, 2.05) is 47.0 Å². The van der Waals surface area contributed by atoms with E-state index in [0.717, 1.165) is 22.0 Å². The molecule has 4 rings (SSSR count). The number of aromatic nitrogens is 1. The first-order chi connectivity index (χ1) is 15.1. The first-order valence-electron chi connectivity index (χ1n) is 9.80. The molecule has 1 aromatic heterocycles. The van der Waals surface area contributed by atoms with Crippen LogP contribution in [0.4, 0.5) is 0 Å². The molecule has 1 heterocycles. The molecule has 4 aromatic rings. The Kier molecular flexibility index (Phi) is 5.59. The molecular weight excluding hydrogens is 390 g/mol. The van der Waals surface area contributed by atoms with Gasteiger partial charge in [-0.25, -0.2) is 0 Å². The van der Waals surface area contributed by atoms with Gasteiger partial charge >= 0.3 is 0 Å². The number of amides is 1. The predicted molar refractivity (Wildman–Crippen MR) is 118 cm³/mol. The third-order valence-corrected chi connectivity index (χ3v) is 5.14. The molecule has 0 spiro atoms. The van der Waals surface area contributed by atoms with Crippen LogP contribution in [0, 0.1) is 11.3 Å². The summed E-state index contributed by atoms with van der Waals surface area (Å²) >= 11 is 0. The van der Waals surface area contributed by atoms with Gasteiger partial charge in [0.1, 0.15) is 17.2 Å². The minimum atomic E-state index is -0.220. The summed E-state index contributed by atoms with van der Waals surface area (Å²) in [5, 5.41) is 22.4. The highest BCUT2D eigenvalue weighted by Crippen LogP contribution is 2.29. The molecule has 0 saturated heterocycles. The predicted octanol–water partition coefficient (Wildman–Crippen LogP) is 4.21. The van der Waals surface area contributed by atoms with E-state index in [4.69, 9.17) is 4.74 Å². The van der Waals surface area contributed by atoms with Crippen molar-refractivity contribution < 1.29 is 14.6 Å². The van der Waals surface area contributed by atoms with Gasteiger partial charge < -0.3 is 19.7 Å². The lowest BCUT2D eigenvalue weighted by Crippen LogP contribution is -2.25. The van der Waals surface area contributed by atoms with Crippen molar-refractivity contribution in [3.05, 3.63) is 95.2 Å². The average Bonchev–Trinajstić information content (AvgIpc) is 3.17. The van der Waals surface area contributed by atoms with Crippen molar-refractivity contribution in [2.75, 3.05) is 7.11 Å². The highest BCUT2D eigenvalue weighted by Gasteiger charge is 2.18. The molecule has 0 radical (unpaired) electrons. The van der Waals surface area contributed by atoms with E-state index >= 15 is 0 Å². The molecule has 0 aliphatic carbocycles. The summed E-state index contributed by atoms with van der Waals surface area (Å²) in [6.45, 7) is 0.774. The highest BCUT2D eigenvalue weighted by atomic mass is 16.5. The van der Waals surface area contributed by atoms with Gasteiger partial charge in [-0.15, -0.1) is 0 Å². The molecule has 0 atom stereocenters. The maximum atomic E-state index is 13.1. The number of phenolic OH excluding ortho intramolecular Hbond substituents is 1. The van der Waals surface area contributed by atoms with Crippen molar-refractivity contribution in [3.8, 4) is 17.6 Å². The zero-order chi connectivity index (χ0) is 21.8. The topological polar surface area (TPSA) is 87.3 Å². The molecule has 0 saturated carbocycles. The molecule has 1 amide bonds. The standard InChI is InChI=1S/C25H21N3O3/c1-31-24-7-3-6-22-21(24)13-23(25(30)27-15-17-8-10-20(29)11-9-17)28(22)16-19-5-2-4-18(12-19)14-26/h2-13,29H,15-16H2,1H3,(H,27,30). The lowest BCUT2D eigenvalue weighted by Gasteiger charge is -2.12. The van der Waals surface area contributed by atoms with E-state index in [0.29, 0.717) is 30.1 Å². The zero-order valence-electron chi connectivity index (χ0n) is 17.0. The minimum absolute atomic E-state index is 0.182. The van der Waals surface area contributed by atoms with Crippen molar-refractivity contribution >= 4 is 16.8 Å². The largest absolute Gasteiger partial charge is 0.508 e. The summed E-state index contributed by atoms with van der Waals surface area (Å²) in [4.78, 5) is 13.1. The van der Waals surface area contributed by atoms with Crippen LogP contribution in [0.2, 0.25) is 0 Å². The Morgan fingerprint density at radius 2 is 1.84 bits per heavy atom. The Labute approximate surface area is 179 Å². The van der Waals surface area contributed by atoms with Gasteiger partial charge in [0.2, 0.25) is 0 Å². The number of fused-ring (bicyclic) bond motifs is 1. The second-order valence-electron chi connectivity index (χ2n) is 7.17. The molecule has 6 heteroatoms. The maximum absolute atomic E-state index is 13.1. The number of carbonyl (C=O) groups is 1. The molecule has 0 unspecified atom stereocenters. The number of hydrogen-bond donors (Lipinski definition) is 2. The summed E-state index contributed by atoms with van der Waals surface area (Å²) in [5.41, 5.74) is 3.75. The lowest BCUT2D eigenvalue weighted by molar-refractivity contribution is 0.0942. The summed E-state index contributed by atoms with van der Waals surface area (Å²) in [5.74, 6) is 0.652. The van der Waals surface area contributed by atoms with Crippen molar-refractivity contribution in [1.29, 1.82) is 5.26 Å². The first kappa shape index (κ1) is 20.0. The summed E-state index contributed by atoms with van der Waals surface area (Å²) in [6.07, 6.45) is 0. The van der Waals surface area contributed by atoms with Gasteiger partial charge in [0.15, 0.2) is 0 Å². The number of rotatable bonds is 6. The third kappa shape index (κ3) is 4.21. The summed E-state index contributed by atoms with van der Waals surface area (Å²) in [6, 6.07) is 23.7. The van der Waals surface area contributed by atoms with E-state index < -0.39 is 0 Å². The summed E-state index contributed by atoms with van der Waals surface area (Å²) in [7, 11) is 1.60. The molecule has 2 N–H and O–H groups in total. The molecule has 0 aliphatic rings. The molecule has 0 fully saturated rings. The van der Waals surface area contributed by atoms with Gasteiger partial charge in [0, 0.05) is 18.5 Å². The number of aromatic hydroxyl groups is 1. The molecule has 3 aromatic carbocycles. The summed E-state index contributed by atoms with van der Waals surface area (Å²) < 4.78 is 7.42. The maximum Gasteiger partial charge on any atom is 0.268 e. The third-order valence-electron chi connectivity index (χ3n) is 5.14. The van der Waals surface area contributed by atoms with Crippen LogP contribution in [-0.4, -0.2) is 22.7 Å². The molecule has 31 heavy (non-hydrogen) atoms. The van der Waals surface area contributed by atoms with Crippen LogP contribution in [0.15, 0.2) is 72.8 Å². The molecule has 0 bridgehead atoms. The Bertz CT molecular complexity index is 1280. The fourth-order valence-electron chi connectivity index (χ4n) is 3.60. The molecular formula is C25H21N3O3. The average molecular weight is 411 g/mol. The number of nitrogens with one attached hydrogen (secondary N) is 1. The number of nitrogens with zero attached hydrogens (tertiary/aromatic N) is 2. The fourth-order valence-corrected chi connectivity index (χ4v) is 3.60. The number of nitriles is 1. The number of benzene rings is 3. The number of phenols is 1. The van der Waals surface area contributed by atoms with Gasteiger partial charge in [-0.2, -0.15) is 5.26 Å². The van der Waals surface area contributed by atoms with Gasteiger partial charge in [0.05, 0.1) is 24.3 Å². The van der Waals surface area contributed by atoms with Crippen LogP contribution in [0.3, 0.4) is 0 Å². The van der Waals surface area contributed by atoms with Crippen molar-refractivity contribution in [2.24, 2.45) is 0 Å². The van der Waals surface area contributed by atoms with Gasteiger partial charge in [0.25, 0.3) is 5.91 Å². The van der Waals surface area contributed by atoms with Crippen LogP contribution in [0.1, 0.15) is 27.2 Å². The van der Waals surface area contributed by atoms with Crippen molar-refractivity contribution in [3.63, 3.8) is 0 Å². The van der Waals surface area contributed by atoms with E-state index in [2.05, 4.69) is 11.4 Å². The van der Waals surface area contributed by atoms with Gasteiger partial charge in [-0.05, 0) is 53.6 Å². The Morgan fingerprint density at radius 3 is 2.58 bits per heavy atom. The van der Waals surface area contributed by atoms with E-state index in [1.54, 1.807) is 37.4 Å². The number of methoxy groups -OCH3 is 1. The van der Waals surface area contributed by atoms with Gasteiger partial charge in [-0.3, -0.25) is 4.79 Å². The quantitative estimate of drug-likeness (QED) is 0.498. The minimum Gasteiger partial charge on any atom is -0.508 e. The second-order valence-corrected chi connectivity index (χ2v) is 7.17. The van der Waals surface area contributed by atoms with Crippen LogP contribution < -0.4 is 10.1 Å². The van der Waals surface area contributed by atoms with Crippen LogP contribution >= 0.6 is 0 Å². The zero-order valence-corrected chi connectivity index (χ0v) is 17.0. The Morgan fingerprint density at radius 1 is 1.06 bits per heavy atom. The highest BCUT2D eigenvalue weighted by molar-refractivity contribution is 6.00. The Balaban J connectivity index is 1.70. The van der Waals surface area contributed by atoms with Crippen LogP contribution in [0.25, 0.3) is 10.9 Å². The van der Waals surface area contributed by atoms with Crippen LogP contribution in [0.5, 0.6) is 11.5 Å². The first-order valence-corrected chi connectivity index (χ1v) is 9.80. The second kappa shape index (κ2) is 8.64. The number of carbonyl (C=O) groups excluding carboxylic acids is 1. The van der Waals surface area contributed by atoms with E-state index in [-0.39, 0.29) is 11.7 Å². The van der Waals surface area contributed by atoms with E-state index in [9.17, 15) is 15.2 Å². The smallest absolute Gasteiger partial charge is 0.268 e. The molecule has 6 nitrogen and oxygen atoms in total. The van der Waals surface area contributed by atoms with Crippen molar-refractivity contribution in [1.82, 2.24) is 9.88 Å². The SMILES string of the molecule is COc1cccc2c1cc(C(=O)NCc1ccc(O)cc1)n2Cc1cccc(C#N)c1. The Hall–Kier alpha value is -4.24. The molecule has 0 aliphatic heterocycles. The van der Waals surface area contributed by atoms with Gasteiger partial charge in [-0.1, -0.05) is 30.3 Å². The monoisotopic (exact) mass is 411 g/mol. The normalized spacial score (nSPS) is 10.6. The number of ether oxygens (including phenoxy) is 1. The molecule has 154 valence electrons. The number of hydrogen-bond acceptors (Lipinski definition) is 4.